The molecule has 8 nitrogen and oxygen atoms in total. The number of ether oxygens (including phenoxy) is 2. The first-order valence-corrected chi connectivity index (χ1v) is 5.87. The third-order valence-electron chi connectivity index (χ3n) is 3.06. The number of aliphatic hydroxyl groups excluding tert-OH is 2. The number of hydrogen-bond acceptors (Lipinski definition) is 6. The monoisotopic (exact) mass is 282 g/mol. The van der Waals surface area contributed by atoms with Crippen LogP contribution in [0.1, 0.15) is 6.23 Å². The Morgan fingerprint density at radius 3 is 2.90 bits per heavy atom. The average molecular weight is 282 g/mol. The van der Waals surface area contributed by atoms with Crippen LogP contribution in [-0.2, 0) is 9.47 Å². The highest BCUT2D eigenvalue weighted by molar-refractivity contribution is 5.08. The molecular weight excluding hydrogens is 268 g/mol. The van der Waals surface area contributed by atoms with Crippen molar-refractivity contribution in [1.29, 1.82) is 0 Å². The topological polar surface area (TPSA) is 114 Å². The Morgan fingerprint density at radius 2 is 2.30 bits per heavy atom. The first-order valence-electron chi connectivity index (χ1n) is 5.87. The van der Waals surface area contributed by atoms with Crippen molar-refractivity contribution < 1.29 is 19.7 Å². The third-order valence-corrected chi connectivity index (χ3v) is 3.06. The van der Waals surface area contributed by atoms with Gasteiger partial charge < -0.3 is 19.7 Å². The van der Waals surface area contributed by atoms with Crippen LogP contribution in [0.2, 0.25) is 0 Å². The maximum Gasteiger partial charge on any atom is 0.330 e. The highest BCUT2D eigenvalue weighted by Crippen LogP contribution is 2.32. The van der Waals surface area contributed by atoms with Gasteiger partial charge in [-0.2, -0.15) is 0 Å². The lowest BCUT2D eigenvalue weighted by Gasteiger charge is -2.16. The molecule has 0 bridgehead atoms. The highest BCUT2D eigenvalue weighted by Gasteiger charge is 2.44. The molecule has 2 rings (SSSR count). The zero-order valence-corrected chi connectivity index (χ0v) is 10.6. The van der Waals surface area contributed by atoms with Gasteiger partial charge in [-0.05, 0) is 0 Å². The van der Waals surface area contributed by atoms with Crippen LogP contribution in [0.4, 0.5) is 0 Å². The molecule has 1 unspecified atom stereocenters. The quantitative estimate of drug-likeness (QED) is 0.575. The molecule has 108 valence electrons. The second-order valence-corrected chi connectivity index (χ2v) is 4.31. The van der Waals surface area contributed by atoms with Crippen molar-refractivity contribution in [1.82, 2.24) is 9.55 Å². The van der Waals surface area contributed by atoms with Gasteiger partial charge in [0.15, 0.2) is 6.23 Å². The second kappa shape index (κ2) is 5.92. The minimum absolute atomic E-state index is 0.144. The Labute approximate surface area is 113 Å². The number of H-pyrrole nitrogens is 1. The predicted molar refractivity (Wildman–Crippen MR) is 66.3 cm³/mol. The fourth-order valence-corrected chi connectivity index (χ4v) is 2.16. The van der Waals surface area contributed by atoms with E-state index in [2.05, 4.69) is 10.9 Å². The Kier molecular flexibility index (Phi) is 4.24. The van der Waals surface area contributed by atoms with Crippen LogP contribution in [0.5, 0.6) is 0 Å². The molecule has 1 fully saturated rings. The average Bonchev–Trinajstić information content (AvgIpc) is 2.69. The first-order chi connectivity index (χ1) is 9.58. The summed E-state index contributed by atoms with van der Waals surface area (Å²) in [5.74, 6) is 1.72. The number of aliphatic hydroxyl groups is 2. The lowest BCUT2D eigenvalue weighted by molar-refractivity contribution is -0.0586. The molecule has 0 radical (unpaired) electrons. The number of nitrogens with zero attached hydrogens (tertiary/aromatic N) is 1. The van der Waals surface area contributed by atoms with Crippen LogP contribution in [-0.4, -0.2) is 45.7 Å². The summed E-state index contributed by atoms with van der Waals surface area (Å²) in [6.45, 7) is 0.144. The molecule has 1 aliphatic rings. The van der Waals surface area contributed by atoms with Gasteiger partial charge in [-0.25, -0.2) is 4.79 Å². The number of aromatic amines is 1. The molecule has 0 saturated carbocycles. The number of methoxy groups -OCH3 is 1. The SMILES string of the molecule is COCC1O[C@@H](n2ccc(=O)[nH]c2=O)[C@H](O)[C@@H]1C#CO. The van der Waals surface area contributed by atoms with Gasteiger partial charge in [-0.1, -0.05) is 5.92 Å². The molecule has 1 aromatic rings. The second-order valence-electron chi connectivity index (χ2n) is 4.31. The molecule has 1 aliphatic heterocycles. The molecule has 3 N–H and O–H groups in total. The van der Waals surface area contributed by atoms with Crippen LogP contribution < -0.4 is 11.2 Å². The highest BCUT2D eigenvalue weighted by atomic mass is 16.6. The molecule has 0 spiro atoms. The number of aromatic nitrogens is 2. The molecule has 0 amide bonds. The fraction of sp³-hybridized carbons (Fsp3) is 0.500. The van der Waals surface area contributed by atoms with Crippen molar-refractivity contribution in [2.75, 3.05) is 13.7 Å². The van der Waals surface area contributed by atoms with Crippen LogP contribution in [0.15, 0.2) is 21.9 Å². The van der Waals surface area contributed by atoms with Gasteiger partial charge in [-0.3, -0.25) is 14.3 Å². The van der Waals surface area contributed by atoms with E-state index < -0.39 is 35.6 Å². The predicted octanol–water partition coefficient (Wildman–Crippen LogP) is -1.61. The van der Waals surface area contributed by atoms with E-state index in [1.165, 1.54) is 13.3 Å². The van der Waals surface area contributed by atoms with Gasteiger partial charge in [0.25, 0.3) is 5.56 Å². The largest absolute Gasteiger partial charge is 0.462 e. The standard InChI is InChI=1S/C12H14N2O6/c1-19-6-8-7(3-5-15)10(17)11(20-8)14-4-2-9(16)13-12(14)18/h2,4,7-8,10-11,15,17H,6H2,1H3,(H,13,16,18)/t7-,8?,10-,11-/m1/s1. The maximum atomic E-state index is 11.7. The van der Waals surface area contributed by atoms with Gasteiger partial charge in [0.1, 0.15) is 18.3 Å². The number of rotatable bonds is 3. The summed E-state index contributed by atoms with van der Waals surface area (Å²) < 4.78 is 11.6. The molecule has 0 aliphatic carbocycles. The van der Waals surface area contributed by atoms with Crippen molar-refractivity contribution in [2.45, 2.75) is 18.4 Å². The summed E-state index contributed by atoms with van der Waals surface area (Å²) in [5.41, 5.74) is -1.24. The Balaban J connectivity index is 2.35. The summed E-state index contributed by atoms with van der Waals surface area (Å²) in [5, 5.41) is 18.9. The van der Waals surface area contributed by atoms with Crippen LogP contribution in [0, 0.1) is 17.9 Å². The summed E-state index contributed by atoms with van der Waals surface area (Å²) >= 11 is 0. The van der Waals surface area contributed by atoms with Crippen molar-refractivity contribution in [2.24, 2.45) is 5.92 Å². The molecule has 1 aromatic heterocycles. The van der Waals surface area contributed by atoms with E-state index in [1.807, 2.05) is 0 Å². The van der Waals surface area contributed by atoms with E-state index in [0.29, 0.717) is 0 Å². The molecule has 1 saturated heterocycles. The zero-order chi connectivity index (χ0) is 14.7. The van der Waals surface area contributed by atoms with Crippen molar-refractivity contribution >= 4 is 0 Å². The Morgan fingerprint density at radius 1 is 1.55 bits per heavy atom. The Bertz CT molecular complexity index is 640. The van der Waals surface area contributed by atoms with Gasteiger partial charge in [0.05, 0.1) is 12.5 Å². The third kappa shape index (κ3) is 2.60. The summed E-state index contributed by atoms with van der Waals surface area (Å²) in [6.07, 6.45) is 0.215. The summed E-state index contributed by atoms with van der Waals surface area (Å²) in [4.78, 5) is 24.8. The van der Waals surface area contributed by atoms with Crippen molar-refractivity contribution in [3.63, 3.8) is 0 Å². The number of nitrogens with one attached hydrogen (secondary N) is 1. The van der Waals surface area contributed by atoms with E-state index >= 15 is 0 Å². The first kappa shape index (κ1) is 14.3. The lowest BCUT2D eigenvalue weighted by Crippen LogP contribution is -2.35. The van der Waals surface area contributed by atoms with E-state index in [-0.39, 0.29) is 6.61 Å². The summed E-state index contributed by atoms with van der Waals surface area (Å²) in [7, 11) is 1.46. The van der Waals surface area contributed by atoms with Gasteiger partial charge in [0.2, 0.25) is 0 Å². The minimum Gasteiger partial charge on any atom is -0.462 e. The van der Waals surface area contributed by atoms with E-state index in [9.17, 15) is 14.7 Å². The van der Waals surface area contributed by atoms with Crippen LogP contribution in [0.25, 0.3) is 0 Å². The molecule has 0 aromatic carbocycles. The van der Waals surface area contributed by atoms with E-state index in [0.717, 1.165) is 10.6 Å². The molecule has 8 heteroatoms. The van der Waals surface area contributed by atoms with E-state index in [1.54, 1.807) is 6.11 Å². The van der Waals surface area contributed by atoms with Gasteiger partial charge in [-0.15, -0.1) is 0 Å². The van der Waals surface area contributed by atoms with Crippen molar-refractivity contribution in [3.8, 4) is 12.0 Å². The normalized spacial score (nSPS) is 28.9. The minimum atomic E-state index is -1.14. The maximum absolute atomic E-state index is 11.7. The Hall–Kier alpha value is -2.08. The number of hydrogen-bond donors (Lipinski definition) is 3. The van der Waals surface area contributed by atoms with Crippen LogP contribution >= 0.6 is 0 Å². The molecule has 2 heterocycles. The van der Waals surface area contributed by atoms with Crippen LogP contribution in [0.3, 0.4) is 0 Å². The zero-order valence-electron chi connectivity index (χ0n) is 10.6. The molecule has 4 atom stereocenters. The summed E-state index contributed by atoms with van der Waals surface area (Å²) in [6, 6.07) is 1.15. The van der Waals surface area contributed by atoms with Gasteiger partial charge in [0, 0.05) is 19.4 Å². The lowest BCUT2D eigenvalue weighted by atomic mass is 9.99. The smallest absolute Gasteiger partial charge is 0.330 e. The van der Waals surface area contributed by atoms with Crippen molar-refractivity contribution in [3.05, 3.63) is 33.1 Å². The molecule has 20 heavy (non-hydrogen) atoms. The van der Waals surface area contributed by atoms with E-state index in [4.69, 9.17) is 14.6 Å². The fourth-order valence-electron chi connectivity index (χ4n) is 2.16. The van der Waals surface area contributed by atoms with Gasteiger partial charge >= 0.3 is 5.69 Å². The molecular formula is C12H14N2O6.